The molecule has 0 bridgehead atoms. The number of rotatable bonds is 4. The molecule has 2 amide bonds. The van der Waals surface area contributed by atoms with Crippen LogP contribution in [0, 0.1) is 0 Å². The fraction of sp³-hybridized carbons (Fsp3) is 0.500. The van der Waals surface area contributed by atoms with Crippen molar-refractivity contribution in [1.82, 2.24) is 5.32 Å². The highest BCUT2D eigenvalue weighted by molar-refractivity contribution is 6.00. The van der Waals surface area contributed by atoms with Crippen LogP contribution in [-0.4, -0.2) is 30.0 Å². The van der Waals surface area contributed by atoms with Gasteiger partial charge in [-0.3, -0.25) is 14.9 Å². The Labute approximate surface area is 154 Å². The number of hydrogen-bond acceptors (Lipinski definition) is 5. The average Bonchev–Trinajstić information content (AvgIpc) is 2.50. The van der Waals surface area contributed by atoms with Gasteiger partial charge in [-0.1, -0.05) is 6.07 Å². The van der Waals surface area contributed by atoms with E-state index in [-0.39, 0.29) is 18.4 Å². The summed E-state index contributed by atoms with van der Waals surface area (Å²) in [4.78, 5) is 34.8. The van der Waals surface area contributed by atoms with Crippen molar-refractivity contribution in [3.8, 4) is 5.75 Å². The van der Waals surface area contributed by atoms with Gasteiger partial charge in [0.2, 0.25) is 11.8 Å². The van der Waals surface area contributed by atoms with Crippen LogP contribution in [0.5, 0.6) is 5.75 Å². The maximum atomic E-state index is 13.4. The average molecular weight is 387 g/mol. The fourth-order valence-electron chi connectivity index (χ4n) is 2.63. The van der Waals surface area contributed by atoms with Crippen LogP contribution in [0.15, 0.2) is 18.2 Å². The molecule has 6 nitrogen and oxygen atoms in total. The van der Waals surface area contributed by atoms with Crippen LogP contribution >= 0.6 is 0 Å². The second kappa shape index (κ2) is 7.58. The zero-order valence-corrected chi connectivity index (χ0v) is 15.1. The van der Waals surface area contributed by atoms with Gasteiger partial charge in [0.05, 0.1) is 11.5 Å². The van der Waals surface area contributed by atoms with Gasteiger partial charge >= 0.3 is 12.1 Å². The second-order valence-corrected chi connectivity index (χ2v) is 7.13. The first-order valence-corrected chi connectivity index (χ1v) is 8.26. The summed E-state index contributed by atoms with van der Waals surface area (Å²) in [6, 6.07) is 3.19. The molecule has 1 aliphatic heterocycles. The van der Waals surface area contributed by atoms with Crippen LogP contribution in [0.4, 0.5) is 13.2 Å². The van der Waals surface area contributed by atoms with E-state index >= 15 is 0 Å². The summed E-state index contributed by atoms with van der Waals surface area (Å²) in [6.45, 7) is 4.19. The number of amides is 2. The zero-order chi connectivity index (χ0) is 20.4. The molecule has 1 aromatic rings. The highest BCUT2D eigenvalue weighted by Gasteiger charge is 2.37. The molecule has 1 unspecified atom stereocenters. The van der Waals surface area contributed by atoms with E-state index in [0.717, 1.165) is 12.1 Å². The summed E-state index contributed by atoms with van der Waals surface area (Å²) in [5.74, 6) is -3.29. The van der Waals surface area contributed by atoms with E-state index in [9.17, 15) is 27.6 Å². The summed E-state index contributed by atoms with van der Waals surface area (Å²) >= 11 is 0. The van der Waals surface area contributed by atoms with Crippen molar-refractivity contribution in [1.29, 1.82) is 0 Å². The Balaban J connectivity index is 2.22. The standard InChI is InChI=1S/C18H20F3NO5/c1-17(2,3)27-15(24)9-26-13-6-4-10(8-12(13)18(19,20)21)11-5-7-14(23)22-16(11)25/h4,6,8,11H,5,7,9H2,1-3H3,(H,22,23,25). The van der Waals surface area contributed by atoms with Gasteiger partial charge in [-0.2, -0.15) is 13.2 Å². The van der Waals surface area contributed by atoms with Crippen molar-refractivity contribution in [2.24, 2.45) is 0 Å². The first-order chi connectivity index (χ1) is 12.4. The lowest BCUT2D eigenvalue weighted by Gasteiger charge is -2.23. The van der Waals surface area contributed by atoms with Crippen LogP contribution in [0.3, 0.4) is 0 Å². The fourth-order valence-corrected chi connectivity index (χ4v) is 2.63. The molecule has 2 rings (SSSR count). The molecule has 0 aliphatic carbocycles. The van der Waals surface area contributed by atoms with Crippen molar-refractivity contribution >= 4 is 17.8 Å². The predicted octanol–water partition coefficient (Wildman–Crippen LogP) is 2.95. The van der Waals surface area contributed by atoms with Gasteiger partial charge in [-0.05, 0) is 44.9 Å². The highest BCUT2D eigenvalue weighted by Crippen LogP contribution is 2.39. The molecule has 0 spiro atoms. The number of ether oxygens (including phenoxy) is 2. The molecule has 1 aromatic carbocycles. The Hall–Kier alpha value is -2.58. The van der Waals surface area contributed by atoms with Gasteiger partial charge in [0.15, 0.2) is 6.61 Å². The zero-order valence-electron chi connectivity index (χ0n) is 15.1. The number of esters is 1. The maximum Gasteiger partial charge on any atom is 0.419 e. The number of benzene rings is 1. The molecule has 1 saturated heterocycles. The van der Waals surface area contributed by atoms with Crippen molar-refractivity contribution in [3.05, 3.63) is 29.3 Å². The Morgan fingerprint density at radius 3 is 2.44 bits per heavy atom. The minimum atomic E-state index is -4.75. The number of piperidine rings is 1. The largest absolute Gasteiger partial charge is 0.481 e. The minimum Gasteiger partial charge on any atom is -0.481 e. The third-order valence-electron chi connectivity index (χ3n) is 3.72. The van der Waals surface area contributed by atoms with Gasteiger partial charge in [0.25, 0.3) is 0 Å². The van der Waals surface area contributed by atoms with Crippen LogP contribution in [0.2, 0.25) is 0 Å². The van der Waals surface area contributed by atoms with E-state index < -0.39 is 53.4 Å². The van der Waals surface area contributed by atoms with Crippen molar-refractivity contribution < 1.29 is 37.0 Å². The number of halogens is 3. The minimum absolute atomic E-state index is 0.0503. The molecule has 27 heavy (non-hydrogen) atoms. The number of hydrogen-bond donors (Lipinski definition) is 1. The first-order valence-electron chi connectivity index (χ1n) is 8.26. The van der Waals surface area contributed by atoms with Crippen molar-refractivity contribution in [3.63, 3.8) is 0 Å². The summed E-state index contributed by atoms with van der Waals surface area (Å²) in [6.07, 6.45) is -4.57. The number of imide groups is 1. The molecule has 0 radical (unpaired) electrons. The van der Waals surface area contributed by atoms with E-state index in [1.54, 1.807) is 20.8 Å². The second-order valence-electron chi connectivity index (χ2n) is 7.13. The molecule has 9 heteroatoms. The van der Waals surface area contributed by atoms with Crippen LogP contribution in [0.1, 0.15) is 50.7 Å². The smallest absolute Gasteiger partial charge is 0.419 e. The van der Waals surface area contributed by atoms with Crippen LogP contribution in [0.25, 0.3) is 0 Å². The van der Waals surface area contributed by atoms with Gasteiger partial charge in [0, 0.05) is 6.42 Å². The van der Waals surface area contributed by atoms with E-state index in [0.29, 0.717) is 0 Å². The Morgan fingerprint density at radius 1 is 1.22 bits per heavy atom. The molecule has 1 aliphatic rings. The molecule has 1 heterocycles. The molecule has 1 atom stereocenters. The molecular formula is C18H20F3NO5. The van der Waals surface area contributed by atoms with E-state index in [2.05, 4.69) is 5.32 Å². The topological polar surface area (TPSA) is 81.7 Å². The summed E-state index contributed by atoms with van der Waals surface area (Å²) in [7, 11) is 0. The molecule has 0 aromatic heterocycles. The number of nitrogens with one attached hydrogen (secondary N) is 1. The summed E-state index contributed by atoms with van der Waals surface area (Å²) < 4.78 is 50.2. The van der Waals surface area contributed by atoms with Crippen LogP contribution in [-0.2, 0) is 25.3 Å². The lowest BCUT2D eigenvalue weighted by atomic mass is 9.89. The molecule has 1 fully saturated rings. The molecule has 0 saturated carbocycles. The SMILES string of the molecule is CC(C)(C)OC(=O)COc1ccc(C2CCC(=O)NC2=O)cc1C(F)(F)F. The lowest BCUT2D eigenvalue weighted by molar-refractivity contribution is -0.158. The monoisotopic (exact) mass is 387 g/mol. The van der Waals surface area contributed by atoms with Gasteiger partial charge < -0.3 is 9.47 Å². The third-order valence-corrected chi connectivity index (χ3v) is 3.72. The number of carbonyl (C=O) groups excluding carboxylic acids is 3. The Kier molecular flexibility index (Phi) is 5.82. The maximum absolute atomic E-state index is 13.4. The van der Waals surface area contributed by atoms with E-state index in [1.807, 2.05) is 0 Å². The summed E-state index contributed by atoms with van der Waals surface area (Å²) in [5, 5.41) is 2.11. The molecule has 1 N–H and O–H groups in total. The van der Waals surface area contributed by atoms with Crippen molar-refractivity contribution in [2.75, 3.05) is 6.61 Å². The highest BCUT2D eigenvalue weighted by atomic mass is 19.4. The molecular weight excluding hydrogens is 367 g/mol. The number of alkyl halides is 3. The van der Waals surface area contributed by atoms with E-state index in [4.69, 9.17) is 9.47 Å². The Morgan fingerprint density at radius 2 is 1.89 bits per heavy atom. The van der Waals surface area contributed by atoms with Gasteiger partial charge in [-0.15, -0.1) is 0 Å². The predicted molar refractivity (Wildman–Crippen MR) is 87.9 cm³/mol. The first kappa shape index (κ1) is 20.7. The van der Waals surface area contributed by atoms with E-state index in [1.165, 1.54) is 6.07 Å². The lowest BCUT2D eigenvalue weighted by Crippen LogP contribution is -2.39. The third kappa shape index (κ3) is 5.70. The van der Waals surface area contributed by atoms with Crippen molar-refractivity contribution in [2.45, 2.75) is 51.3 Å². The number of carbonyl (C=O) groups is 3. The van der Waals surface area contributed by atoms with Gasteiger partial charge in [0.1, 0.15) is 11.4 Å². The normalized spacial score (nSPS) is 18.1. The van der Waals surface area contributed by atoms with Crippen LogP contribution < -0.4 is 10.1 Å². The molecule has 148 valence electrons. The van der Waals surface area contributed by atoms with Gasteiger partial charge in [-0.25, -0.2) is 4.79 Å². The summed E-state index contributed by atoms with van der Waals surface area (Å²) in [5.41, 5.74) is -1.77. The Bertz CT molecular complexity index is 752. The quantitative estimate of drug-likeness (QED) is 0.635.